The topological polar surface area (TPSA) is 135 Å². The molecule has 0 aliphatic rings. The number of thiol groups is 1. The van der Waals surface area contributed by atoms with Gasteiger partial charge in [0.05, 0.1) is 17.2 Å². The molecule has 0 aromatic heterocycles. The second kappa shape index (κ2) is 11.1. The number of carbonyl (C=O) groups excluding carboxylic acids is 2. The van der Waals surface area contributed by atoms with Gasteiger partial charge in [0.2, 0.25) is 0 Å². The summed E-state index contributed by atoms with van der Waals surface area (Å²) in [5.41, 5.74) is 0. The minimum Gasteiger partial charge on any atom is -0.549 e. The van der Waals surface area contributed by atoms with Gasteiger partial charge in [0, 0.05) is 0 Å². The Balaban J connectivity index is -0.000000240. The van der Waals surface area contributed by atoms with Crippen LogP contribution >= 0.6 is 12.6 Å². The summed E-state index contributed by atoms with van der Waals surface area (Å²) in [6, 6.07) is 0. The summed E-state index contributed by atoms with van der Waals surface area (Å²) in [4.78, 5) is 20.1. The molecule has 0 saturated carbocycles. The molecule has 7 nitrogen and oxygen atoms in total. The molecule has 0 saturated heterocycles. The first-order valence-electron chi connectivity index (χ1n) is 2.74. The smallest absolute Gasteiger partial charge is 0.549 e. The number of hydrogen-bond donors (Lipinski definition) is 2. The van der Waals surface area contributed by atoms with Gasteiger partial charge in [-0.1, -0.05) is 0 Å². The SMILES string of the molecule is O=C([O-])C(S)C(C(=O)[O-])S(=O)(=O)O.[Na+].[Na+].[Na+]. The van der Waals surface area contributed by atoms with Crippen molar-refractivity contribution in [1.29, 1.82) is 0 Å². The molecular formula is C4H4Na3O7S2+. The first-order chi connectivity index (χ1) is 5.68. The van der Waals surface area contributed by atoms with Gasteiger partial charge >= 0.3 is 88.7 Å². The first kappa shape index (κ1) is 26.7. The van der Waals surface area contributed by atoms with E-state index in [2.05, 4.69) is 12.6 Å². The molecule has 0 aromatic rings. The van der Waals surface area contributed by atoms with Crippen molar-refractivity contribution in [3.63, 3.8) is 0 Å². The third-order valence-electron chi connectivity index (χ3n) is 1.08. The Morgan fingerprint density at radius 3 is 1.44 bits per heavy atom. The fraction of sp³-hybridized carbons (Fsp3) is 0.500. The summed E-state index contributed by atoms with van der Waals surface area (Å²) in [5, 5.41) is 15.3. The molecule has 0 rings (SSSR count). The Labute approximate surface area is 164 Å². The second-order valence-corrected chi connectivity index (χ2v) is 4.11. The van der Waals surface area contributed by atoms with Crippen LogP contribution in [0.4, 0.5) is 0 Å². The van der Waals surface area contributed by atoms with Crippen molar-refractivity contribution in [1.82, 2.24) is 0 Å². The Kier molecular flexibility index (Phi) is 18.5. The fourth-order valence-electron chi connectivity index (χ4n) is 0.537. The number of carboxylic acids is 2. The Bertz CT molecular complexity index is 329. The zero-order valence-electron chi connectivity index (χ0n) is 8.91. The average molecular weight is 297 g/mol. The number of hydrogen-bond acceptors (Lipinski definition) is 7. The third-order valence-corrected chi connectivity index (χ3v) is 2.90. The molecule has 0 heterocycles. The minimum atomic E-state index is -5.07. The molecule has 2 unspecified atom stereocenters. The van der Waals surface area contributed by atoms with E-state index in [4.69, 9.17) is 4.55 Å². The van der Waals surface area contributed by atoms with Crippen molar-refractivity contribution < 1.29 is 121 Å². The molecule has 0 fully saturated rings. The van der Waals surface area contributed by atoms with E-state index in [1.807, 2.05) is 0 Å². The first-order valence-corrected chi connectivity index (χ1v) is 4.76. The Morgan fingerprint density at radius 1 is 1.06 bits per heavy atom. The van der Waals surface area contributed by atoms with Gasteiger partial charge in [-0.15, -0.1) is 0 Å². The van der Waals surface area contributed by atoms with Gasteiger partial charge in [-0.3, -0.25) is 4.55 Å². The van der Waals surface area contributed by atoms with Crippen LogP contribution in [-0.2, 0) is 19.7 Å². The molecule has 0 aromatic carbocycles. The van der Waals surface area contributed by atoms with Crippen LogP contribution < -0.4 is 98.9 Å². The van der Waals surface area contributed by atoms with E-state index in [0.29, 0.717) is 0 Å². The molecule has 0 bridgehead atoms. The molecular weight excluding hydrogens is 293 g/mol. The summed E-state index contributed by atoms with van der Waals surface area (Å²) in [5.74, 6) is -4.29. The second-order valence-electron chi connectivity index (χ2n) is 2.02. The van der Waals surface area contributed by atoms with Crippen LogP contribution in [0.5, 0.6) is 0 Å². The fourth-order valence-corrected chi connectivity index (χ4v) is 1.80. The van der Waals surface area contributed by atoms with Crippen LogP contribution in [0.25, 0.3) is 0 Å². The van der Waals surface area contributed by atoms with Crippen LogP contribution in [0.1, 0.15) is 0 Å². The standard InChI is InChI=1S/C4H6O7S2.3Na/c5-3(6)1(12)2(4(7)8)13(9,10)11;;;/h1-2,12H,(H,5,6)(H,7,8)(H,9,10,11);;;/q;3*+1/p-2. The van der Waals surface area contributed by atoms with E-state index in [1.54, 1.807) is 0 Å². The van der Waals surface area contributed by atoms with Crippen LogP contribution in [-0.4, -0.2) is 35.4 Å². The molecule has 0 aliphatic carbocycles. The van der Waals surface area contributed by atoms with Gasteiger partial charge in [-0.25, -0.2) is 0 Å². The van der Waals surface area contributed by atoms with Crippen molar-refractivity contribution in [2.24, 2.45) is 0 Å². The van der Waals surface area contributed by atoms with Gasteiger partial charge in [0.15, 0.2) is 0 Å². The minimum absolute atomic E-state index is 0. The van der Waals surface area contributed by atoms with Crippen LogP contribution in [0.2, 0.25) is 0 Å². The van der Waals surface area contributed by atoms with E-state index < -0.39 is 32.6 Å². The summed E-state index contributed by atoms with van der Waals surface area (Å²) in [6.45, 7) is 0. The van der Waals surface area contributed by atoms with E-state index in [1.165, 1.54) is 0 Å². The van der Waals surface area contributed by atoms with E-state index >= 15 is 0 Å². The molecule has 0 amide bonds. The predicted molar refractivity (Wildman–Crippen MR) is 38.1 cm³/mol. The Hall–Kier alpha value is 2.20. The molecule has 2 atom stereocenters. The normalized spacial score (nSPS) is 13.1. The number of rotatable bonds is 4. The van der Waals surface area contributed by atoms with Crippen molar-refractivity contribution in [2.75, 3.05) is 0 Å². The molecule has 0 aliphatic heterocycles. The summed E-state index contributed by atoms with van der Waals surface area (Å²) in [7, 11) is -5.07. The van der Waals surface area contributed by atoms with Gasteiger partial charge in [0.1, 0.15) is 5.25 Å². The van der Waals surface area contributed by atoms with E-state index in [0.717, 1.165) is 0 Å². The molecule has 0 spiro atoms. The molecule has 1 N–H and O–H groups in total. The maximum atomic E-state index is 10.3. The van der Waals surface area contributed by atoms with E-state index in [-0.39, 0.29) is 88.7 Å². The number of aliphatic carboxylic acids is 2. The van der Waals surface area contributed by atoms with Crippen LogP contribution in [0.3, 0.4) is 0 Å². The quantitative estimate of drug-likeness (QED) is 0.299. The van der Waals surface area contributed by atoms with Gasteiger partial charge in [-0.05, 0) is 0 Å². The van der Waals surface area contributed by atoms with Crippen LogP contribution in [0, 0.1) is 0 Å². The van der Waals surface area contributed by atoms with Crippen molar-refractivity contribution >= 4 is 34.7 Å². The average Bonchev–Trinajstić information content (AvgIpc) is 1.82. The summed E-state index contributed by atoms with van der Waals surface area (Å²) >= 11 is 3.13. The van der Waals surface area contributed by atoms with E-state index in [9.17, 15) is 28.2 Å². The molecule has 12 heteroatoms. The largest absolute Gasteiger partial charge is 1.00 e. The van der Waals surface area contributed by atoms with Crippen molar-refractivity contribution in [3.05, 3.63) is 0 Å². The number of carboxylic acid groups (broad SMARTS) is 2. The zero-order valence-corrected chi connectivity index (χ0v) is 16.6. The number of carbonyl (C=O) groups is 2. The van der Waals surface area contributed by atoms with Gasteiger partial charge in [-0.2, -0.15) is 21.0 Å². The van der Waals surface area contributed by atoms with Crippen LogP contribution in [0.15, 0.2) is 0 Å². The maximum absolute atomic E-state index is 10.3. The third kappa shape index (κ3) is 9.17. The monoisotopic (exact) mass is 297 g/mol. The molecule has 16 heavy (non-hydrogen) atoms. The zero-order chi connectivity index (χ0) is 10.8. The maximum Gasteiger partial charge on any atom is 1.00 e. The summed E-state index contributed by atoms with van der Waals surface area (Å²) in [6.07, 6.45) is 0. The van der Waals surface area contributed by atoms with Gasteiger partial charge in [0.25, 0.3) is 10.1 Å². The van der Waals surface area contributed by atoms with Gasteiger partial charge < -0.3 is 19.8 Å². The molecule has 0 radical (unpaired) electrons. The summed E-state index contributed by atoms with van der Waals surface area (Å²) < 4.78 is 28.9. The molecule has 76 valence electrons. The van der Waals surface area contributed by atoms with Crippen molar-refractivity contribution in [2.45, 2.75) is 10.5 Å². The Morgan fingerprint density at radius 2 is 1.38 bits per heavy atom. The van der Waals surface area contributed by atoms with Crippen molar-refractivity contribution in [3.8, 4) is 0 Å². The predicted octanol–water partition coefficient (Wildman–Crippen LogP) is -12.9.